The fourth-order valence-corrected chi connectivity index (χ4v) is 2.19. The van der Waals surface area contributed by atoms with Gasteiger partial charge < -0.3 is 9.64 Å². The van der Waals surface area contributed by atoms with Crippen LogP contribution < -0.4 is 0 Å². The second-order valence-corrected chi connectivity index (χ2v) is 4.90. The van der Waals surface area contributed by atoms with Gasteiger partial charge in [-0.05, 0) is 26.7 Å². The Kier molecular flexibility index (Phi) is 4.54. The van der Waals surface area contributed by atoms with Crippen molar-refractivity contribution in [1.82, 2.24) is 4.90 Å². The lowest BCUT2D eigenvalue weighted by Gasteiger charge is -2.34. The van der Waals surface area contributed by atoms with Gasteiger partial charge in [-0.25, -0.2) is 0 Å². The Bertz CT molecular complexity index is 255. The Labute approximate surface area is 98.5 Å². The predicted molar refractivity (Wildman–Crippen MR) is 65.3 cm³/mol. The molecule has 92 valence electrons. The monoisotopic (exact) mass is 225 g/mol. The van der Waals surface area contributed by atoms with Gasteiger partial charge in [0.25, 0.3) is 5.91 Å². The molecule has 3 heteroatoms. The van der Waals surface area contributed by atoms with Crippen LogP contribution in [-0.4, -0.2) is 36.1 Å². The van der Waals surface area contributed by atoms with E-state index in [1.165, 1.54) is 12.8 Å². The number of ether oxygens (including phenoxy) is 1. The lowest BCUT2D eigenvalue weighted by Crippen LogP contribution is -2.50. The Hall–Kier alpha value is -0.830. The van der Waals surface area contributed by atoms with E-state index >= 15 is 0 Å². The van der Waals surface area contributed by atoms with Gasteiger partial charge in [0.2, 0.25) is 0 Å². The third-order valence-electron chi connectivity index (χ3n) is 3.38. The third-order valence-corrected chi connectivity index (χ3v) is 3.38. The summed E-state index contributed by atoms with van der Waals surface area (Å²) in [6.45, 7) is 7.99. The minimum absolute atomic E-state index is 0.0711. The van der Waals surface area contributed by atoms with Crippen molar-refractivity contribution in [2.75, 3.05) is 13.7 Å². The second kappa shape index (κ2) is 5.48. The van der Waals surface area contributed by atoms with Crippen molar-refractivity contribution in [3.8, 4) is 0 Å². The van der Waals surface area contributed by atoms with Gasteiger partial charge in [-0.1, -0.05) is 18.9 Å². The van der Waals surface area contributed by atoms with E-state index in [0.29, 0.717) is 12.6 Å². The van der Waals surface area contributed by atoms with Gasteiger partial charge in [0, 0.05) is 19.7 Å². The lowest BCUT2D eigenvalue weighted by molar-refractivity contribution is -0.152. The quantitative estimate of drug-likeness (QED) is 0.672. The van der Waals surface area contributed by atoms with E-state index in [9.17, 15) is 4.79 Å². The van der Waals surface area contributed by atoms with Gasteiger partial charge in [0.1, 0.15) is 5.60 Å². The Morgan fingerprint density at radius 2 is 2.06 bits per heavy atom. The van der Waals surface area contributed by atoms with Crippen molar-refractivity contribution < 1.29 is 9.53 Å². The Balaban J connectivity index is 2.76. The third kappa shape index (κ3) is 2.85. The van der Waals surface area contributed by atoms with Crippen LogP contribution in [0.15, 0.2) is 12.7 Å². The average Bonchev–Trinajstić information content (AvgIpc) is 2.78. The minimum atomic E-state index is -0.731. The van der Waals surface area contributed by atoms with E-state index in [1.807, 2.05) is 18.7 Å². The zero-order valence-electron chi connectivity index (χ0n) is 10.7. The topological polar surface area (TPSA) is 29.5 Å². The molecule has 0 N–H and O–H groups in total. The van der Waals surface area contributed by atoms with E-state index in [2.05, 4.69) is 6.58 Å². The summed E-state index contributed by atoms with van der Waals surface area (Å²) < 4.78 is 5.26. The number of nitrogens with zero attached hydrogens (tertiary/aromatic N) is 1. The first-order chi connectivity index (χ1) is 7.53. The van der Waals surface area contributed by atoms with Crippen LogP contribution >= 0.6 is 0 Å². The molecule has 0 aromatic carbocycles. The van der Waals surface area contributed by atoms with E-state index in [1.54, 1.807) is 13.2 Å². The van der Waals surface area contributed by atoms with Crippen LogP contribution in [0.25, 0.3) is 0 Å². The number of hydrogen-bond donors (Lipinski definition) is 0. The summed E-state index contributed by atoms with van der Waals surface area (Å²) in [4.78, 5) is 14.2. The summed E-state index contributed by atoms with van der Waals surface area (Å²) in [5.41, 5.74) is -0.731. The van der Waals surface area contributed by atoms with Crippen molar-refractivity contribution >= 4 is 5.91 Å². The van der Waals surface area contributed by atoms with Gasteiger partial charge in [-0.2, -0.15) is 0 Å². The van der Waals surface area contributed by atoms with Crippen molar-refractivity contribution in [3.63, 3.8) is 0 Å². The van der Waals surface area contributed by atoms with Crippen LogP contribution in [-0.2, 0) is 9.53 Å². The largest absolute Gasteiger partial charge is 0.369 e. The molecule has 0 aliphatic heterocycles. The number of carbonyl (C=O) groups excluding carboxylic acids is 1. The van der Waals surface area contributed by atoms with Crippen molar-refractivity contribution in [2.24, 2.45) is 0 Å². The molecule has 0 unspecified atom stereocenters. The minimum Gasteiger partial charge on any atom is -0.369 e. The maximum atomic E-state index is 12.3. The van der Waals surface area contributed by atoms with Gasteiger partial charge in [0.05, 0.1) is 0 Å². The molecule has 0 radical (unpaired) electrons. The summed E-state index contributed by atoms with van der Waals surface area (Å²) in [6.07, 6.45) is 6.46. The van der Waals surface area contributed by atoms with Crippen LogP contribution in [0.2, 0.25) is 0 Å². The smallest absolute Gasteiger partial charge is 0.254 e. The molecule has 1 aliphatic rings. The molecule has 0 aromatic rings. The highest BCUT2D eigenvalue weighted by atomic mass is 16.5. The van der Waals surface area contributed by atoms with E-state index in [0.717, 1.165) is 12.8 Å². The van der Waals surface area contributed by atoms with Crippen molar-refractivity contribution in [3.05, 3.63) is 12.7 Å². The molecule has 1 aliphatic carbocycles. The summed E-state index contributed by atoms with van der Waals surface area (Å²) in [7, 11) is 1.58. The zero-order valence-corrected chi connectivity index (χ0v) is 10.7. The molecule has 1 amide bonds. The molecule has 0 atom stereocenters. The van der Waals surface area contributed by atoms with Gasteiger partial charge in [-0.3, -0.25) is 4.79 Å². The number of methoxy groups -OCH3 is 1. The van der Waals surface area contributed by atoms with Crippen LogP contribution in [0, 0.1) is 0 Å². The molecule has 16 heavy (non-hydrogen) atoms. The Morgan fingerprint density at radius 1 is 1.50 bits per heavy atom. The zero-order chi connectivity index (χ0) is 12.2. The SMILES string of the molecule is C=CCN(C(=O)C(C)(C)OC)C1CCCC1. The number of rotatable bonds is 5. The standard InChI is InChI=1S/C13H23NO2/c1-5-10-14(11-8-6-7-9-11)12(15)13(2,3)16-4/h5,11H,1,6-10H2,2-4H3. The molecule has 0 spiro atoms. The van der Waals surface area contributed by atoms with E-state index < -0.39 is 5.60 Å². The highest BCUT2D eigenvalue weighted by Gasteiger charge is 2.35. The van der Waals surface area contributed by atoms with Gasteiger partial charge in [0.15, 0.2) is 0 Å². The van der Waals surface area contributed by atoms with Crippen molar-refractivity contribution in [2.45, 2.75) is 51.2 Å². The van der Waals surface area contributed by atoms with E-state index in [-0.39, 0.29) is 5.91 Å². The molecule has 0 heterocycles. The molecule has 0 aromatic heterocycles. The summed E-state index contributed by atoms with van der Waals surface area (Å²) >= 11 is 0. The highest BCUT2D eigenvalue weighted by molar-refractivity contribution is 5.84. The average molecular weight is 225 g/mol. The number of hydrogen-bond acceptors (Lipinski definition) is 2. The van der Waals surface area contributed by atoms with Crippen molar-refractivity contribution in [1.29, 1.82) is 0 Å². The number of amides is 1. The first-order valence-corrected chi connectivity index (χ1v) is 6.00. The maximum Gasteiger partial charge on any atom is 0.254 e. The molecule has 1 saturated carbocycles. The predicted octanol–water partition coefficient (Wildman–Crippen LogP) is 2.37. The Morgan fingerprint density at radius 3 is 2.50 bits per heavy atom. The van der Waals surface area contributed by atoms with E-state index in [4.69, 9.17) is 4.74 Å². The molecule has 1 fully saturated rings. The van der Waals surface area contributed by atoms with Crippen LogP contribution in [0.4, 0.5) is 0 Å². The molecule has 3 nitrogen and oxygen atoms in total. The summed E-state index contributed by atoms with van der Waals surface area (Å²) in [6, 6.07) is 0.375. The van der Waals surface area contributed by atoms with Crippen LogP contribution in [0.1, 0.15) is 39.5 Å². The molecular formula is C13H23NO2. The van der Waals surface area contributed by atoms with Crippen LogP contribution in [0.5, 0.6) is 0 Å². The number of carbonyl (C=O) groups is 1. The summed E-state index contributed by atoms with van der Waals surface area (Å²) in [5.74, 6) is 0.0711. The highest BCUT2D eigenvalue weighted by Crippen LogP contribution is 2.26. The molecule has 0 saturated heterocycles. The lowest BCUT2D eigenvalue weighted by atomic mass is 10.1. The van der Waals surface area contributed by atoms with Crippen LogP contribution in [0.3, 0.4) is 0 Å². The van der Waals surface area contributed by atoms with Gasteiger partial charge >= 0.3 is 0 Å². The maximum absolute atomic E-state index is 12.3. The first kappa shape index (κ1) is 13.2. The normalized spacial score (nSPS) is 17.4. The molecule has 1 rings (SSSR count). The fraction of sp³-hybridized carbons (Fsp3) is 0.769. The van der Waals surface area contributed by atoms with Gasteiger partial charge in [-0.15, -0.1) is 6.58 Å². The summed E-state index contributed by atoms with van der Waals surface area (Å²) in [5, 5.41) is 0. The second-order valence-electron chi connectivity index (χ2n) is 4.90. The first-order valence-electron chi connectivity index (χ1n) is 6.00. The molecule has 0 bridgehead atoms. The fourth-order valence-electron chi connectivity index (χ4n) is 2.19. The molecular weight excluding hydrogens is 202 g/mol.